The Labute approximate surface area is 422 Å². The summed E-state index contributed by atoms with van der Waals surface area (Å²) in [4.78, 5) is 0. The zero-order chi connectivity index (χ0) is 51.2. The van der Waals surface area contributed by atoms with Gasteiger partial charge in [0.05, 0.1) is 45.7 Å². The minimum absolute atomic E-state index is 0.0859. The second kappa shape index (κ2) is 25.3. The molecule has 4 atom stereocenters. The Bertz CT molecular complexity index is 1910. The number of anilines is 3. The molecule has 6 fully saturated rings. The van der Waals surface area contributed by atoms with E-state index in [1.54, 1.807) is 84.9 Å². The van der Waals surface area contributed by atoms with Crippen molar-refractivity contribution in [2.24, 2.45) is 51.8 Å². The third-order valence-corrected chi connectivity index (χ3v) is 13.0. The van der Waals surface area contributed by atoms with E-state index in [4.69, 9.17) is 103 Å². The fraction of sp³-hybridized carbons (Fsp3) is 0.538. The Kier molecular flexibility index (Phi) is 19.2. The molecule has 72 heavy (non-hydrogen) atoms. The van der Waals surface area contributed by atoms with E-state index in [0.717, 1.165) is 30.5 Å². The fourth-order valence-electron chi connectivity index (χ4n) is 8.94. The van der Waals surface area contributed by atoms with Crippen LogP contribution in [0.2, 0.25) is 0 Å². The highest BCUT2D eigenvalue weighted by Crippen LogP contribution is 2.54. The predicted molar refractivity (Wildman–Crippen MR) is 270 cm³/mol. The van der Waals surface area contributed by atoms with Crippen LogP contribution >= 0.6 is 0 Å². The summed E-state index contributed by atoms with van der Waals surface area (Å²) in [5.41, 5.74) is 48.9. The van der Waals surface area contributed by atoms with E-state index < -0.39 is 18.5 Å². The first kappa shape index (κ1) is 54.7. The van der Waals surface area contributed by atoms with Crippen molar-refractivity contribution in [3.63, 3.8) is 0 Å². The Morgan fingerprint density at radius 2 is 0.833 bits per heavy atom. The molecule has 4 unspecified atom stereocenters. The summed E-state index contributed by atoms with van der Waals surface area (Å²) in [5.74, 6) is 3.75. The van der Waals surface area contributed by atoms with Gasteiger partial charge in [0.15, 0.2) is 0 Å². The summed E-state index contributed by atoms with van der Waals surface area (Å²) in [7, 11) is 0. The van der Waals surface area contributed by atoms with Gasteiger partial charge in [0.25, 0.3) is 0 Å². The highest BCUT2D eigenvalue weighted by molar-refractivity contribution is 5.44. The Morgan fingerprint density at radius 1 is 0.486 bits per heavy atom. The standard InChI is InChI=1S/C26H25N3O4.C11H22N2.C8H15NO4.C7H14N2O4/c1-18-2-10-22(11-3-18)30-26(31-23-12-4-19(27)5-13-23,32-24-14-6-20(28)7-15-24)33-25-16-8-21(29)9-17-25;12-7-9-1-3-11(5-9)4-2-10(6-11)8-13;1-6-2-10-8(11-3-6)12-4-7(9)5-13-8;8-1-5-3-10-7(12-5)11-4-6(2-9)13-7/h2-17H,27-29H2,1H3;9-10H,1-8,12-13H2;6-7H,2-5,9H2,1H3;5-6H,1-4,8-9H2. The first-order chi connectivity index (χ1) is 34.6. The van der Waals surface area contributed by atoms with Crippen molar-refractivity contribution in [1.29, 1.82) is 0 Å². The second-order valence-corrected chi connectivity index (χ2v) is 19.3. The normalized spacial score (nSPS) is 29.6. The molecule has 2 aliphatic carbocycles. The number of benzene rings is 4. The first-order valence-electron chi connectivity index (χ1n) is 24.8. The lowest BCUT2D eigenvalue weighted by molar-refractivity contribution is -0.530. The number of nitrogens with two attached hydrogens (primary N) is 8. The molecular weight excluding hydrogens is 929 g/mol. The molecule has 4 heterocycles. The zero-order valence-corrected chi connectivity index (χ0v) is 41.5. The lowest BCUT2D eigenvalue weighted by Gasteiger charge is -2.40. The van der Waals surface area contributed by atoms with Crippen LogP contribution in [0.1, 0.15) is 51.0 Å². The largest absolute Gasteiger partial charge is 0.611 e. The number of aryl methyl sites for hydroxylation is 1. The first-order valence-corrected chi connectivity index (χ1v) is 24.8. The second-order valence-electron chi connectivity index (χ2n) is 19.3. The molecule has 20 nitrogen and oxygen atoms in total. The third kappa shape index (κ3) is 15.5. The van der Waals surface area contributed by atoms with Crippen LogP contribution in [-0.2, 0) is 37.9 Å². The quantitative estimate of drug-likeness (QED) is 0.0717. The molecule has 2 saturated carbocycles. The zero-order valence-electron chi connectivity index (χ0n) is 41.5. The third-order valence-electron chi connectivity index (χ3n) is 13.0. The Hall–Kier alpha value is -5.04. The monoisotopic (exact) mass is 1000 g/mol. The molecule has 4 aromatic carbocycles. The van der Waals surface area contributed by atoms with Gasteiger partial charge in [0, 0.05) is 36.1 Å². The van der Waals surface area contributed by atoms with E-state index in [1.165, 1.54) is 38.5 Å². The maximum atomic E-state index is 6.20. The summed E-state index contributed by atoms with van der Waals surface area (Å²) in [6.07, 6.45) is 3.43. The molecule has 0 bridgehead atoms. The van der Waals surface area contributed by atoms with Crippen molar-refractivity contribution in [3.05, 3.63) is 103 Å². The molecule has 4 aromatic rings. The van der Waals surface area contributed by atoms with Crippen molar-refractivity contribution in [3.8, 4) is 23.0 Å². The van der Waals surface area contributed by atoms with Crippen molar-refractivity contribution < 1.29 is 56.8 Å². The molecule has 4 aliphatic heterocycles. The van der Waals surface area contributed by atoms with Crippen molar-refractivity contribution in [2.75, 3.05) is 83.0 Å². The van der Waals surface area contributed by atoms with Gasteiger partial charge < -0.3 is 93.2 Å². The van der Waals surface area contributed by atoms with Gasteiger partial charge in [0.2, 0.25) is 0 Å². The summed E-state index contributed by atoms with van der Waals surface area (Å²) in [6, 6.07) is 27.8. The van der Waals surface area contributed by atoms with Gasteiger partial charge >= 0.3 is 18.5 Å². The summed E-state index contributed by atoms with van der Waals surface area (Å²) >= 11 is 0. The van der Waals surface area contributed by atoms with E-state index in [9.17, 15) is 0 Å². The summed E-state index contributed by atoms with van der Waals surface area (Å²) in [5, 5.41) is 0. The van der Waals surface area contributed by atoms with Crippen LogP contribution < -0.4 is 64.8 Å². The molecule has 396 valence electrons. The SMILES string of the molecule is CC1COC2(OC1)OCC(N)CO2.Cc1ccc(OC(Oc2ccc(N)cc2)(Oc2ccc(N)cc2)Oc2ccc(N)cc2)cc1.NCC1CCC2(CCC(CN)C2)C1.NCC1COC2(OCC(CN)O2)O1. The van der Waals surface area contributed by atoms with E-state index in [0.29, 0.717) is 104 Å². The lowest BCUT2D eigenvalue weighted by Crippen LogP contribution is -2.55. The number of hydrogen-bond donors (Lipinski definition) is 8. The van der Waals surface area contributed by atoms with Crippen molar-refractivity contribution in [1.82, 2.24) is 0 Å². The van der Waals surface area contributed by atoms with E-state index in [2.05, 4.69) is 0 Å². The fourth-order valence-corrected chi connectivity index (χ4v) is 8.94. The molecule has 10 rings (SSSR count). The minimum atomic E-state index is -2.03. The smallest absolute Gasteiger partial charge is 0.399 e. The van der Waals surface area contributed by atoms with Gasteiger partial charge in [-0.05, 0) is 161 Å². The maximum absolute atomic E-state index is 6.20. The van der Waals surface area contributed by atoms with Crippen LogP contribution in [0.3, 0.4) is 0 Å². The molecule has 6 aliphatic rings. The van der Waals surface area contributed by atoms with Crippen molar-refractivity contribution >= 4 is 17.1 Å². The van der Waals surface area contributed by atoms with Crippen LogP contribution in [0.5, 0.6) is 23.0 Å². The summed E-state index contributed by atoms with van der Waals surface area (Å²) < 4.78 is 67.1. The number of rotatable bonds is 12. The van der Waals surface area contributed by atoms with Gasteiger partial charge in [-0.2, -0.15) is 0 Å². The number of ether oxygens (including phenoxy) is 12. The molecule has 3 spiro atoms. The molecule has 0 radical (unpaired) electrons. The van der Waals surface area contributed by atoms with Gasteiger partial charge in [0.1, 0.15) is 35.2 Å². The van der Waals surface area contributed by atoms with Crippen LogP contribution in [0.15, 0.2) is 97.1 Å². The molecular formula is C52H76N8O12. The molecule has 0 aromatic heterocycles. The van der Waals surface area contributed by atoms with Gasteiger partial charge in [-0.1, -0.05) is 24.6 Å². The van der Waals surface area contributed by atoms with E-state index in [1.807, 2.05) is 26.0 Å². The van der Waals surface area contributed by atoms with Gasteiger partial charge in [-0.15, -0.1) is 0 Å². The maximum Gasteiger partial charge on any atom is 0.611 e. The van der Waals surface area contributed by atoms with Crippen LogP contribution in [0.25, 0.3) is 0 Å². The number of nitrogen functional groups attached to an aromatic ring is 3. The molecule has 16 N–H and O–H groups in total. The minimum Gasteiger partial charge on any atom is -0.399 e. The Morgan fingerprint density at radius 3 is 1.17 bits per heavy atom. The van der Waals surface area contributed by atoms with Crippen LogP contribution in [0, 0.1) is 30.1 Å². The van der Waals surface area contributed by atoms with Gasteiger partial charge in [-0.25, -0.2) is 0 Å². The Balaban J connectivity index is 0.000000159. The van der Waals surface area contributed by atoms with Gasteiger partial charge in [-0.3, -0.25) is 9.47 Å². The lowest BCUT2D eigenvalue weighted by atomic mass is 9.83. The van der Waals surface area contributed by atoms with E-state index >= 15 is 0 Å². The predicted octanol–water partition coefficient (Wildman–Crippen LogP) is 4.46. The topological polar surface area (TPSA) is 319 Å². The average Bonchev–Trinajstić information content (AvgIpc) is 4.22. The van der Waals surface area contributed by atoms with Crippen LogP contribution in [0.4, 0.5) is 17.1 Å². The highest BCUT2D eigenvalue weighted by Gasteiger charge is 2.51. The molecule has 0 amide bonds. The van der Waals surface area contributed by atoms with Crippen LogP contribution in [-0.4, -0.2) is 103 Å². The summed E-state index contributed by atoms with van der Waals surface area (Å²) in [6.45, 7) is 9.40. The average molecular weight is 1010 g/mol. The molecule has 20 heteroatoms. The highest BCUT2D eigenvalue weighted by atomic mass is 17.1. The number of hydrogen-bond acceptors (Lipinski definition) is 20. The van der Waals surface area contributed by atoms with E-state index in [-0.39, 0.29) is 18.2 Å². The van der Waals surface area contributed by atoms with Crippen molar-refractivity contribution in [2.45, 2.75) is 89.1 Å². The molecule has 4 saturated heterocycles.